The van der Waals surface area contributed by atoms with Crippen LogP contribution in [0.4, 0.5) is 0 Å². The first-order valence-electron chi connectivity index (χ1n) is 12.1. The molecule has 0 bridgehead atoms. The number of benzene rings is 2. The van der Waals surface area contributed by atoms with Crippen molar-refractivity contribution in [2.45, 2.75) is 38.6 Å². The number of ether oxygens (including phenoxy) is 2. The van der Waals surface area contributed by atoms with Crippen molar-refractivity contribution < 1.29 is 14.3 Å². The predicted molar refractivity (Wildman–Crippen MR) is 133 cm³/mol. The molecule has 0 fully saturated rings. The van der Waals surface area contributed by atoms with Gasteiger partial charge in [0.2, 0.25) is 11.8 Å². The van der Waals surface area contributed by atoms with Gasteiger partial charge in [0.25, 0.3) is 0 Å². The molecule has 34 heavy (non-hydrogen) atoms. The summed E-state index contributed by atoms with van der Waals surface area (Å²) in [7, 11) is 0. The van der Waals surface area contributed by atoms with Crippen molar-refractivity contribution in [1.29, 1.82) is 0 Å². The summed E-state index contributed by atoms with van der Waals surface area (Å²) in [6.45, 7) is 3.08. The number of aromatic nitrogens is 1. The highest BCUT2D eigenvalue weighted by Crippen LogP contribution is 2.32. The van der Waals surface area contributed by atoms with Crippen molar-refractivity contribution in [3.63, 3.8) is 0 Å². The summed E-state index contributed by atoms with van der Waals surface area (Å²) in [5, 5.41) is 3.08. The minimum absolute atomic E-state index is 0.0437. The molecule has 0 saturated heterocycles. The van der Waals surface area contributed by atoms with Crippen LogP contribution in [-0.2, 0) is 17.8 Å². The van der Waals surface area contributed by atoms with E-state index in [0.717, 1.165) is 50.0 Å². The average Bonchev–Trinajstić information content (AvgIpc) is 2.86. The Bertz CT molecular complexity index is 1040. The SMILES string of the molecule is O=C(CN1CCCCCCOc2ccccc2Oc2ncccc2C1)NCCc1ccccc1. The maximum Gasteiger partial charge on any atom is 0.234 e. The molecule has 6 nitrogen and oxygen atoms in total. The molecule has 0 aliphatic carbocycles. The number of fused-ring (bicyclic) bond motifs is 2. The smallest absolute Gasteiger partial charge is 0.234 e. The number of nitrogens with zero attached hydrogens (tertiary/aromatic N) is 2. The first-order valence-corrected chi connectivity index (χ1v) is 12.1. The third-order valence-corrected chi connectivity index (χ3v) is 5.87. The number of carbonyl (C=O) groups excluding carboxylic acids is 1. The Morgan fingerprint density at radius 3 is 2.59 bits per heavy atom. The minimum atomic E-state index is 0.0437. The molecule has 0 unspecified atom stereocenters. The second-order valence-corrected chi connectivity index (χ2v) is 8.58. The normalized spacial score (nSPS) is 15.1. The molecule has 1 aliphatic rings. The third-order valence-electron chi connectivity index (χ3n) is 5.87. The highest BCUT2D eigenvalue weighted by molar-refractivity contribution is 5.78. The van der Waals surface area contributed by atoms with E-state index in [1.54, 1.807) is 6.20 Å². The Morgan fingerprint density at radius 2 is 1.71 bits per heavy atom. The first-order chi connectivity index (χ1) is 16.8. The van der Waals surface area contributed by atoms with Gasteiger partial charge in [0.15, 0.2) is 11.5 Å². The van der Waals surface area contributed by atoms with Crippen molar-refractivity contribution in [2.75, 3.05) is 26.2 Å². The van der Waals surface area contributed by atoms with Crippen LogP contribution >= 0.6 is 0 Å². The maximum atomic E-state index is 12.7. The highest BCUT2D eigenvalue weighted by Gasteiger charge is 2.16. The van der Waals surface area contributed by atoms with Crippen LogP contribution in [0.1, 0.15) is 36.8 Å². The van der Waals surface area contributed by atoms with Gasteiger partial charge in [0, 0.05) is 24.8 Å². The average molecular weight is 460 g/mol. The van der Waals surface area contributed by atoms with Crippen LogP contribution in [0, 0.1) is 0 Å². The van der Waals surface area contributed by atoms with Crippen LogP contribution in [0.3, 0.4) is 0 Å². The molecule has 2 aromatic carbocycles. The van der Waals surface area contributed by atoms with Gasteiger partial charge >= 0.3 is 0 Å². The number of nitrogens with one attached hydrogen (secondary N) is 1. The second-order valence-electron chi connectivity index (χ2n) is 8.58. The van der Waals surface area contributed by atoms with Crippen molar-refractivity contribution >= 4 is 5.91 Å². The van der Waals surface area contributed by atoms with Gasteiger partial charge < -0.3 is 14.8 Å². The van der Waals surface area contributed by atoms with E-state index < -0.39 is 0 Å². The molecule has 0 saturated carbocycles. The molecule has 0 atom stereocenters. The molecule has 6 heteroatoms. The zero-order valence-electron chi connectivity index (χ0n) is 19.6. The minimum Gasteiger partial charge on any atom is -0.490 e. The molecule has 1 aromatic heterocycles. The Morgan fingerprint density at radius 1 is 0.912 bits per heavy atom. The van der Waals surface area contributed by atoms with E-state index in [4.69, 9.17) is 9.47 Å². The lowest BCUT2D eigenvalue weighted by molar-refractivity contribution is -0.122. The van der Waals surface area contributed by atoms with E-state index in [1.165, 1.54) is 5.56 Å². The van der Waals surface area contributed by atoms with Gasteiger partial charge in [-0.25, -0.2) is 4.98 Å². The fourth-order valence-electron chi connectivity index (χ4n) is 4.07. The molecule has 178 valence electrons. The van der Waals surface area contributed by atoms with E-state index in [1.807, 2.05) is 54.6 Å². The first kappa shape index (κ1) is 23.8. The standard InChI is InChI=1S/C28H33N3O3/c32-27(29-18-16-23-11-4-3-5-12-23)22-31-19-8-1-2-9-20-33-25-14-6-7-15-26(25)34-28-24(21-31)13-10-17-30-28/h3-7,10-15,17H,1-2,8-9,16,18-22H2,(H,29,32). The van der Waals surface area contributed by atoms with Gasteiger partial charge in [-0.2, -0.15) is 0 Å². The number of pyridine rings is 1. The number of rotatable bonds is 5. The number of carbonyl (C=O) groups is 1. The van der Waals surface area contributed by atoms with Crippen LogP contribution in [0.5, 0.6) is 17.4 Å². The van der Waals surface area contributed by atoms with E-state index >= 15 is 0 Å². The fourth-order valence-corrected chi connectivity index (χ4v) is 4.07. The van der Waals surface area contributed by atoms with Crippen LogP contribution in [0.15, 0.2) is 72.9 Å². The van der Waals surface area contributed by atoms with Crippen molar-refractivity contribution in [2.24, 2.45) is 0 Å². The van der Waals surface area contributed by atoms with E-state index in [9.17, 15) is 4.79 Å². The number of amides is 1. The van der Waals surface area contributed by atoms with Crippen LogP contribution < -0.4 is 14.8 Å². The van der Waals surface area contributed by atoms with Crippen LogP contribution in [0.25, 0.3) is 0 Å². The molecular formula is C28H33N3O3. The summed E-state index contributed by atoms with van der Waals surface area (Å²) in [5.74, 6) is 1.97. The van der Waals surface area contributed by atoms with Crippen LogP contribution in [-0.4, -0.2) is 42.0 Å². The molecule has 1 amide bonds. The largest absolute Gasteiger partial charge is 0.490 e. The van der Waals surface area contributed by atoms with Gasteiger partial charge in [-0.05, 0) is 49.6 Å². The Balaban J connectivity index is 1.43. The Hall–Kier alpha value is -3.38. The highest BCUT2D eigenvalue weighted by atomic mass is 16.5. The molecule has 2 heterocycles. The zero-order chi connectivity index (χ0) is 23.4. The van der Waals surface area contributed by atoms with Crippen molar-refractivity contribution in [3.8, 4) is 17.4 Å². The zero-order valence-corrected chi connectivity index (χ0v) is 19.6. The molecule has 1 aliphatic heterocycles. The van der Waals surface area contributed by atoms with Gasteiger partial charge in [0.05, 0.1) is 13.2 Å². The molecule has 4 rings (SSSR count). The summed E-state index contributed by atoms with van der Waals surface area (Å²) < 4.78 is 12.2. The maximum absolute atomic E-state index is 12.7. The van der Waals surface area contributed by atoms with Crippen molar-refractivity contribution in [1.82, 2.24) is 15.2 Å². The van der Waals surface area contributed by atoms with Gasteiger partial charge in [-0.15, -0.1) is 0 Å². The summed E-state index contributed by atoms with van der Waals surface area (Å²) in [6.07, 6.45) is 6.78. The number of hydrogen-bond acceptors (Lipinski definition) is 5. The third kappa shape index (κ3) is 7.32. The molecular weight excluding hydrogens is 426 g/mol. The van der Waals surface area contributed by atoms with Gasteiger partial charge in [-0.1, -0.05) is 61.4 Å². The molecule has 1 N–H and O–H groups in total. The summed E-state index contributed by atoms with van der Waals surface area (Å²) >= 11 is 0. The molecule has 0 spiro atoms. The second kappa shape index (κ2) is 12.8. The fraction of sp³-hybridized carbons (Fsp3) is 0.357. The quantitative estimate of drug-likeness (QED) is 0.583. The van der Waals surface area contributed by atoms with Crippen molar-refractivity contribution in [3.05, 3.63) is 84.1 Å². The molecule has 3 aromatic rings. The van der Waals surface area contributed by atoms with E-state index in [-0.39, 0.29) is 5.91 Å². The lowest BCUT2D eigenvalue weighted by Gasteiger charge is -2.23. The van der Waals surface area contributed by atoms with E-state index in [2.05, 4.69) is 27.3 Å². The molecule has 0 radical (unpaired) electrons. The number of para-hydroxylation sites is 2. The predicted octanol–water partition coefficient (Wildman–Crippen LogP) is 4.99. The Labute approximate surface area is 201 Å². The van der Waals surface area contributed by atoms with Gasteiger partial charge in [0.1, 0.15) is 0 Å². The van der Waals surface area contributed by atoms with Crippen LogP contribution in [0.2, 0.25) is 0 Å². The Kier molecular flexibility index (Phi) is 8.91. The summed E-state index contributed by atoms with van der Waals surface area (Å²) in [5.41, 5.74) is 2.17. The topological polar surface area (TPSA) is 63.7 Å². The lowest BCUT2D eigenvalue weighted by Crippen LogP contribution is -2.38. The monoisotopic (exact) mass is 459 g/mol. The number of hydrogen-bond donors (Lipinski definition) is 1. The van der Waals surface area contributed by atoms with Gasteiger partial charge in [-0.3, -0.25) is 9.69 Å². The summed E-state index contributed by atoms with van der Waals surface area (Å²) in [6, 6.07) is 21.8. The summed E-state index contributed by atoms with van der Waals surface area (Å²) in [4.78, 5) is 19.4. The lowest BCUT2D eigenvalue weighted by atomic mass is 10.1. The van der Waals surface area contributed by atoms with E-state index in [0.29, 0.717) is 37.9 Å².